The van der Waals surface area contributed by atoms with Crippen molar-refractivity contribution in [1.82, 2.24) is 0 Å². The summed E-state index contributed by atoms with van der Waals surface area (Å²) in [5.41, 5.74) is 0.718. The van der Waals surface area contributed by atoms with Gasteiger partial charge in [0.25, 0.3) is 0 Å². The summed E-state index contributed by atoms with van der Waals surface area (Å²) in [6, 6.07) is 3.99. The van der Waals surface area contributed by atoms with Gasteiger partial charge in [-0.3, -0.25) is 0 Å². The Morgan fingerprint density at radius 2 is 2.12 bits per heavy atom. The summed E-state index contributed by atoms with van der Waals surface area (Å²) in [6.07, 6.45) is -0.0906. The van der Waals surface area contributed by atoms with Crippen LogP contribution in [-0.4, -0.2) is 27.9 Å². The van der Waals surface area contributed by atoms with Gasteiger partial charge in [-0.25, -0.2) is 8.42 Å². The molecule has 94 valence electrons. The Morgan fingerprint density at radius 1 is 1.47 bits per heavy atom. The average molecular weight is 264 g/mol. The van der Waals surface area contributed by atoms with E-state index < -0.39 is 20.5 Å². The number of hydrogen-bond acceptors (Lipinski definition) is 4. The molecule has 0 radical (unpaired) electrons. The lowest BCUT2D eigenvalue weighted by Gasteiger charge is -2.10. The Hall–Kier alpha value is -1.21. The zero-order valence-electron chi connectivity index (χ0n) is 8.89. The minimum Gasteiger partial charge on any atom is -0.495 e. The van der Waals surface area contributed by atoms with Crippen LogP contribution in [0.2, 0.25) is 0 Å². The van der Waals surface area contributed by atoms with Crippen LogP contribution in [0.1, 0.15) is 11.7 Å². The van der Waals surface area contributed by atoms with Gasteiger partial charge in [0, 0.05) is 0 Å². The van der Waals surface area contributed by atoms with Gasteiger partial charge in [-0.15, -0.1) is 0 Å². The van der Waals surface area contributed by atoms with Crippen molar-refractivity contribution in [1.29, 1.82) is 0 Å². The van der Waals surface area contributed by atoms with Crippen molar-refractivity contribution in [3.8, 4) is 5.75 Å². The second kappa shape index (κ2) is 4.23. The quantitative estimate of drug-likeness (QED) is 0.778. The van der Waals surface area contributed by atoms with E-state index in [2.05, 4.69) is 0 Å². The van der Waals surface area contributed by atoms with Gasteiger partial charge < -0.3 is 9.47 Å². The lowest BCUT2D eigenvalue weighted by molar-refractivity contribution is 0.234. The lowest BCUT2D eigenvalue weighted by Crippen LogP contribution is -2.12. The summed E-state index contributed by atoms with van der Waals surface area (Å²) in [7, 11) is -3.41. The summed E-state index contributed by atoms with van der Waals surface area (Å²) in [5, 5.41) is 0. The molecule has 0 bridgehead atoms. The lowest BCUT2D eigenvalue weighted by atomic mass is 10.1. The van der Waals surface area contributed by atoms with Crippen molar-refractivity contribution in [2.24, 2.45) is 0 Å². The number of ether oxygens (including phenoxy) is 2. The predicted octanol–water partition coefficient (Wildman–Crippen LogP) is 1.76. The molecule has 1 heterocycles. The van der Waals surface area contributed by atoms with Gasteiger partial charge in [-0.1, -0.05) is 6.07 Å². The zero-order valence-corrected chi connectivity index (χ0v) is 9.71. The van der Waals surface area contributed by atoms with Crippen LogP contribution in [0.15, 0.2) is 23.1 Å². The first-order chi connectivity index (χ1) is 7.96. The maximum atomic E-state index is 12.4. The van der Waals surface area contributed by atoms with Crippen molar-refractivity contribution in [2.45, 2.75) is 16.8 Å². The smallest absolute Gasteiger partial charge is 0.341 e. The zero-order chi connectivity index (χ0) is 12.6. The van der Waals surface area contributed by atoms with E-state index in [1.54, 1.807) is 0 Å². The van der Waals surface area contributed by atoms with Crippen LogP contribution in [-0.2, 0) is 14.6 Å². The molecule has 1 aliphatic rings. The van der Waals surface area contributed by atoms with E-state index in [1.807, 2.05) is 0 Å². The first-order valence-electron chi connectivity index (χ1n) is 4.78. The van der Waals surface area contributed by atoms with Crippen LogP contribution in [0, 0.1) is 0 Å². The van der Waals surface area contributed by atoms with Gasteiger partial charge in [-0.2, -0.15) is 8.78 Å². The summed E-state index contributed by atoms with van der Waals surface area (Å²) in [6.45, 7) is 0.546. The van der Waals surface area contributed by atoms with E-state index in [9.17, 15) is 17.2 Å². The summed E-state index contributed by atoms with van der Waals surface area (Å²) >= 11 is 0. The van der Waals surface area contributed by atoms with Crippen molar-refractivity contribution in [3.63, 3.8) is 0 Å². The fourth-order valence-corrected chi connectivity index (χ4v) is 2.33. The number of sulfone groups is 1. The molecule has 0 amide bonds. The second-order valence-electron chi connectivity index (χ2n) is 3.54. The number of rotatable bonds is 4. The Kier molecular flexibility index (Phi) is 3.05. The molecule has 1 atom stereocenters. The molecular formula is C10H10F2O4S. The molecule has 1 aromatic rings. The molecule has 0 unspecified atom stereocenters. The van der Waals surface area contributed by atoms with E-state index in [1.165, 1.54) is 19.2 Å². The van der Waals surface area contributed by atoms with E-state index >= 15 is 0 Å². The molecule has 4 nitrogen and oxygen atoms in total. The van der Waals surface area contributed by atoms with Gasteiger partial charge in [-0.05, 0) is 17.7 Å². The molecule has 0 N–H and O–H groups in total. The molecule has 0 aliphatic carbocycles. The molecule has 2 rings (SSSR count). The molecule has 1 fully saturated rings. The molecule has 0 aromatic heterocycles. The minimum atomic E-state index is -4.64. The largest absolute Gasteiger partial charge is 0.495 e. The topological polar surface area (TPSA) is 55.9 Å². The van der Waals surface area contributed by atoms with Crippen molar-refractivity contribution in [3.05, 3.63) is 23.8 Å². The maximum Gasteiger partial charge on any atom is 0.341 e. The van der Waals surface area contributed by atoms with Crippen molar-refractivity contribution >= 4 is 9.84 Å². The molecule has 1 aromatic carbocycles. The Bertz CT molecular complexity index is 523. The van der Waals surface area contributed by atoms with Crippen LogP contribution in [0.25, 0.3) is 0 Å². The number of hydrogen-bond donors (Lipinski definition) is 0. The van der Waals surface area contributed by atoms with E-state index in [0.29, 0.717) is 6.61 Å². The molecular weight excluding hydrogens is 254 g/mol. The monoisotopic (exact) mass is 264 g/mol. The van der Waals surface area contributed by atoms with Gasteiger partial charge in [0.05, 0.1) is 13.7 Å². The van der Waals surface area contributed by atoms with Crippen LogP contribution in [0.3, 0.4) is 0 Å². The first-order valence-corrected chi connectivity index (χ1v) is 6.33. The highest BCUT2D eigenvalue weighted by atomic mass is 32.2. The first kappa shape index (κ1) is 12.3. The van der Waals surface area contributed by atoms with E-state index in [-0.39, 0.29) is 11.9 Å². The highest BCUT2D eigenvalue weighted by molar-refractivity contribution is 7.91. The fraction of sp³-hybridized carbons (Fsp3) is 0.400. The van der Waals surface area contributed by atoms with Gasteiger partial charge >= 0.3 is 5.76 Å². The van der Waals surface area contributed by atoms with E-state index in [4.69, 9.17) is 9.47 Å². The summed E-state index contributed by atoms with van der Waals surface area (Å²) in [5.74, 6) is -3.54. The number of methoxy groups -OCH3 is 1. The van der Waals surface area contributed by atoms with Gasteiger partial charge in [0.2, 0.25) is 9.84 Å². The minimum absolute atomic E-state index is 0.0849. The van der Waals surface area contributed by atoms with Gasteiger partial charge in [0.15, 0.2) is 0 Å². The molecule has 0 spiro atoms. The highest BCUT2D eigenvalue weighted by Gasteiger charge is 2.32. The molecule has 7 heteroatoms. The van der Waals surface area contributed by atoms with E-state index in [0.717, 1.165) is 11.6 Å². The number of benzene rings is 1. The standard InChI is InChI=1S/C10H10F2O4S/c1-15-7-4-6(8-5-16-8)2-3-9(7)17(13,14)10(11)12/h2-4,8,10H,5H2,1H3/t8-/m1/s1. The van der Waals surface area contributed by atoms with Crippen LogP contribution in [0.4, 0.5) is 8.78 Å². The van der Waals surface area contributed by atoms with Crippen molar-refractivity contribution in [2.75, 3.05) is 13.7 Å². The molecule has 1 aliphatic heterocycles. The van der Waals surface area contributed by atoms with Gasteiger partial charge in [0.1, 0.15) is 16.7 Å². The maximum absolute atomic E-state index is 12.4. The van der Waals surface area contributed by atoms with Crippen LogP contribution in [0.5, 0.6) is 5.75 Å². The Balaban J connectivity index is 2.47. The fourth-order valence-electron chi connectivity index (χ4n) is 1.46. The Morgan fingerprint density at radius 3 is 2.59 bits per heavy atom. The number of alkyl halides is 2. The SMILES string of the molecule is COc1cc([C@H]2CO2)ccc1S(=O)(=O)C(F)F. The van der Waals surface area contributed by atoms with Crippen LogP contribution >= 0.6 is 0 Å². The Labute approximate surface area is 97.1 Å². The molecule has 0 saturated carbocycles. The number of halogens is 2. The van der Waals surface area contributed by atoms with Crippen molar-refractivity contribution < 1.29 is 26.7 Å². The molecule has 17 heavy (non-hydrogen) atoms. The third-order valence-corrected chi connectivity index (χ3v) is 3.85. The normalized spacial score (nSPS) is 19.4. The number of epoxide rings is 1. The summed E-state index contributed by atoms with van der Waals surface area (Å²) < 4.78 is 57.4. The highest BCUT2D eigenvalue weighted by Crippen LogP contribution is 2.35. The third-order valence-electron chi connectivity index (χ3n) is 2.43. The third kappa shape index (κ3) is 2.25. The second-order valence-corrected chi connectivity index (χ2v) is 5.42. The van der Waals surface area contributed by atoms with Crippen LogP contribution < -0.4 is 4.74 Å². The summed E-state index contributed by atoms with van der Waals surface area (Å²) in [4.78, 5) is -0.501. The predicted molar refractivity (Wildman–Crippen MR) is 54.9 cm³/mol. The average Bonchev–Trinajstić information content (AvgIpc) is 3.11. The molecule has 1 saturated heterocycles.